The molecule has 9 heteroatoms. The second kappa shape index (κ2) is 10.3. The fourth-order valence-electron chi connectivity index (χ4n) is 3.18. The molecular formula is C25H20FN5O3. The van der Waals surface area contributed by atoms with Crippen molar-refractivity contribution in [1.82, 2.24) is 25.6 Å². The van der Waals surface area contributed by atoms with Gasteiger partial charge in [0.05, 0.1) is 5.69 Å². The highest BCUT2D eigenvalue weighted by Crippen LogP contribution is 2.20. The molecule has 0 bridgehead atoms. The molecule has 8 nitrogen and oxygen atoms in total. The van der Waals surface area contributed by atoms with Gasteiger partial charge in [-0.1, -0.05) is 48.5 Å². The number of amides is 2. The quantitative estimate of drug-likeness (QED) is 0.326. The number of carbonyl (C=O) groups excluding carboxylic acids is 3. The number of rotatable bonds is 7. The van der Waals surface area contributed by atoms with Crippen molar-refractivity contribution in [3.8, 4) is 17.1 Å². The van der Waals surface area contributed by atoms with Gasteiger partial charge in [-0.2, -0.15) is 0 Å². The summed E-state index contributed by atoms with van der Waals surface area (Å²) in [6.07, 6.45) is -0.246. The maximum absolute atomic E-state index is 13.0. The lowest BCUT2D eigenvalue weighted by molar-refractivity contribution is -0.121. The van der Waals surface area contributed by atoms with Gasteiger partial charge < -0.3 is 0 Å². The van der Waals surface area contributed by atoms with E-state index < -0.39 is 17.6 Å². The van der Waals surface area contributed by atoms with E-state index in [0.29, 0.717) is 11.4 Å². The van der Waals surface area contributed by atoms with Gasteiger partial charge in [-0.3, -0.25) is 25.2 Å². The Labute approximate surface area is 194 Å². The largest absolute Gasteiger partial charge is 0.309 e. The molecule has 3 aromatic carbocycles. The Hall–Kier alpha value is -4.66. The van der Waals surface area contributed by atoms with Gasteiger partial charge in [0.15, 0.2) is 11.6 Å². The summed E-state index contributed by atoms with van der Waals surface area (Å²) in [6.45, 7) is 0. The smallest absolute Gasteiger partial charge is 0.294 e. The summed E-state index contributed by atoms with van der Waals surface area (Å²) in [4.78, 5) is 41.2. The fourth-order valence-corrected chi connectivity index (χ4v) is 3.18. The van der Waals surface area contributed by atoms with E-state index in [-0.39, 0.29) is 24.4 Å². The molecule has 0 aliphatic carbocycles. The van der Waals surface area contributed by atoms with Crippen LogP contribution in [-0.4, -0.2) is 32.4 Å². The van der Waals surface area contributed by atoms with Crippen LogP contribution < -0.4 is 10.9 Å². The van der Waals surface area contributed by atoms with E-state index in [4.69, 9.17) is 0 Å². The highest BCUT2D eigenvalue weighted by atomic mass is 19.1. The highest BCUT2D eigenvalue weighted by molar-refractivity contribution is 5.98. The first kappa shape index (κ1) is 22.5. The number of hydrogen-bond acceptors (Lipinski definition) is 5. The number of Topliss-reactive ketones (excluding diaryl/α,β-unsaturated/α-hetero) is 1. The summed E-state index contributed by atoms with van der Waals surface area (Å²) in [5.74, 6) is -1.69. The van der Waals surface area contributed by atoms with Crippen LogP contribution in [-0.2, 0) is 4.79 Å². The van der Waals surface area contributed by atoms with Crippen molar-refractivity contribution in [2.75, 3.05) is 0 Å². The van der Waals surface area contributed by atoms with Gasteiger partial charge in [0, 0.05) is 24.0 Å². The number of halogens is 1. The average molecular weight is 457 g/mol. The van der Waals surface area contributed by atoms with E-state index in [1.807, 2.05) is 60.7 Å². The molecule has 1 aromatic heterocycles. The molecule has 4 rings (SSSR count). The van der Waals surface area contributed by atoms with Crippen LogP contribution in [0, 0.1) is 5.82 Å². The van der Waals surface area contributed by atoms with Crippen LogP contribution in [0.4, 0.5) is 4.39 Å². The number of benzene rings is 3. The maximum atomic E-state index is 13.0. The average Bonchev–Trinajstić information content (AvgIpc) is 3.33. The Kier molecular flexibility index (Phi) is 6.83. The number of carbonyl (C=O) groups is 3. The standard InChI is InChI=1S/C25H20FN5O3/c26-19-13-11-17(12-14-19)21(32)15-16-22(33)28-29-25(34)23-27-24(18-7-3-1-4-8-18)31(30-23)20-9-5-2-6-10-20/h1-14H,15-16H2,(H,28,33)(H,29,34). The zero-order chi connectivity index (χ0) is 23.9. The Morgan fingerprint density at radius 1 is 0.794 bits per heavy atom. The lowest BCUT2D eigenvalue weighted by Crippen LogP contribution is -2.42. The van der Waals surface area contributed by atoms with E-state index in [0.717, 1.165) is 11.3 Å². The van der Waals surface area contributed by atoms with Crippen LogP contribution in [0.25, 0.3) is 17.1 Å². The normalized spacial score (nSPS) is 10.5. The second-order valence-corrected chi connectivity index (χ2v) is 7.30. The van der Waals surface area contributed by atoms with Crippen LogP contribution in [0.1, 0.15) is 33.8 Å². The van der Waals surface area contributed by atoms with Gasteiger partial charge in [-0.25, -0.2) is 14.1 Å². The van der Waals surface area contributed by atoms with E-state index in [9.17, 15) is 18.8 Å². The molecule has 0 spiro atoms. The third-order valence-electron chi connectivity index (χ3n) is 4.90. The van der Waals surface area contributed by atoms with E-state index in [1.165, 1.54) is 24.3 Å². The summed E-state index contributed by atoms with van der Waals surface area (Å²) >= 11 is 0. The lowest BCUT2D eigenvalue weighted by Gasteiger charge is -2.05. The molecule has 0 saturated heterocycles. The third kappa shape index (κ3) is 5.39. The Bertz CT molecular complexity index is 1250. The van der Waals surface area contributed by atoms with Gasteiger partial charge in [0.2, 0.25) is 11.7 Å². The van der Waals surface area contributed by atoms with Crippen molar-refractivity contribution in [2.45, 2.75) is 12.8 Å². The SMILES string of the molecule is O=C(CCC(=O)c1ccc(F)cc1)NNC(=O)c1nc(-c2ccccc2)n(-c2ccccc2)n1. The summed E-state index contributed by atoms with van der Waals surface area (Å²) in [7, 11) is 0. The molecule has 4 aromatic rings. The van der Waals surface area contributed by atoms with Gasteiger partial charge >= 0.3 is 5.91 Å². The molecular weight excluding hydrogens is 437 g/mol. The lowest BCUT2D eigenvalue weighted by atomic mass is 10.1. The van der Waals surface area contributed by atoms with Gasteiger partial charge in [0.1, 0.15) is 5.82 Å². The van der Waals surface area contributed by atoms with Crippen molar-refractivity contribution in [3.63, 3.8) is 0 Å². The van der Waals surface area contributed by atoms with Crippen LogP contribution in [0.15, 0.2) is 84.9 Å². The summed E-state index contributed by atoms with van der Waals surface area (Å²) < 4.78 is 14.5. The predicted molar refractivity (Wildman–Crippen MR) is 122 cm³/mol. The Morgan fingerprint density at radius 2 is 1.44 bits per heavy atom. The zero-order valence-corrected chi connectivity index (χ0v) is 17.9. The predicted octanol–water partition coefficient (Wildman–Crippen LogP) is 3.50. The molecule has 34 heavy (non-hydrogen) atoms. The molecule has 0 atom stereocenters. The number of para-hydroxylation sites is 1. The van der Waals surface area contributed by atoms with E-state index >= 15 is 0 Å². The molecule has 0 unspecified atom stereocenters. The number of hydrogen-bond donors (Lipinski definition) is 2. The fraction of sp³-hybridized carbons (Fsp3) is 0.0800. The second-order valence-electron chi connectivity index (χ2n) is 7.30. The number of ketones is 1. The minimum Gasteiger partial charge on any atom is -0.294 e. The minimum absolute atomic E-state index is 0.0909. The Morgan fingerprint density at radius 3 is 2.12 bits per heavy atom. The first-order valence-electron chi connectivity index (χ1n) is 10.5. The van der Waals surface area contributed by atoms with Crippen molar-refractivity contribution in [3.05, 3.63) is 102 Å². The highest BCUT2D eigenvalue weighted by Gasteiger charge is 2.19. The van der Waals surface area contributed by atoms with Crippen molar-refractivity contribution in [2.24, 2.45) is 0 Å². The van der Waals surface area contributed by atoms with Gasteiger partial charge in [-0.15, -0.1) is 5.10 Å². The first-order chi connectivity index (χ1) is 16.5. The van der Waals surface area contributed by atoms with Crippen molar-refractivity contribution < 1.29 is 18.8 Å². The third-order valence-corrected chi connectivity index (χ3v) is 4.90. The molecule has 0 fully saturated rings. The number of hydrazine groups is 1. The first-order valence-corrected chi connectivity index (χ1v) is 10.5. The molecule has 2 N–H and O–H groups in total. The van der Waals surface area contributed by atoms with E-state index in [2.05, 4.69) is 20.9 Å². The minimum atomic E-state index is -0.704. The molecule has 0 aliphatic rings. The zero-order valence-electron chi connectivity index (χ0n) is 17.9. The maximum Gasteiger partial charge on any atom is 0.309 e. The topological polar surface area (TPSA) is 106 Å². The Balaban J connectivity index is 1.41. The van der Waals surface area contributed by atoms with Crippen LogP contribution >= 0.6 is 0 Å². The molecule has 2 amide bonds. The van der Waals surface area contributed by atoms with Gasteiger partial charge in [-0.05, 0) is 36.4 Å². The van der Waals surface area contributed by atoms with Crippen molar-refractivity contribution >= 4 is 17.6 Å². The summed E-state index contributed by atoms with van der Waals surface area (Å²) in [6, 6.07) is 23.6. The number of nitrogens with zero attached hydrogens (tertiary/aromatic N) is 3. The summed E-state index contributed by atoms with van der Waals surface area (Å²) in [5, 5.41) is 4.31. The van der Waals surface area contributed by atoms with Gasteiger partial charge in [0.25, 0.3) is 0 Å². The van der Waals surface area contributed by atoms with Crippen LogP contribution in [0.5, 0.6) is 0 Å². The molecule has 1 heterocycles. The van der Waals surface area contributed by atoms with Crippen LogP contribution in [0.2, 0.25) is 0 Å². The van der Waals surface area contributed by atoms with E-state index in [1.54, 1.807) is 4.68 Å². The number of aromatic nitrogens is 3. The number of nitrogens with one attached hydrogen (secondary N) is 2. The van der Waals surface area contributed by atoms with Crippen LogP contribution in [0.3, 0.4) is 0 Å². The monoisotopic (exact) mass is 457 g/mol. The van der Waals surface area contributed by atoms with Crippen molar-refractivity contribution in [1.29, 1.82) is 0 Å². The summed E-state index contributed by atoms with van der Waals surface area (Å²) in [5.41, 5.74) is 6.33. The molecule has 170 valence electrons. The molecule has 0 saturated carbocycles. The molecule has 0 radical (unpaired) electrons. The molecule has 0 aliphatic heterocycles.